The number of Topliss-reactive ketones (excluding diaryl/α,β-unsaturated/α-hetero) is 1. The lowest BCUT2D eigenvalue weighted by atomic mass is 9.62. The van der Waals surface area contributed by atoms with E-state index < -0.39 is 93.0 Å². The molecule has 1 aromatic carbocycles. The van der Waals surface area contributed by atoms with Gasteiger partial charge in [0.15, 0.2) is 0 Å². The first-order chi connectivity index (χ1) is 17.6. The molecule has 0 saturated heterocycles. The molecule has 1 aliphatic rings. The van der Waals surface area contributed by atoms with Crippen LogP contribution in [-0.2, 0) is 4.79 Å². The van der Waals surface area contributed by atoms with Gasteiger partial charge in [0.2, 0.25) is 5.78 Å². The molecule has 0 fully saturated rings. The van der Waals surface area contributed by atoms with E-state index in [1.807, 2.05) is 15.9 Å². The number of allylic oxidation sites excluding steroid dienone is 3. The van der Waals surface area contributed by atoms with Gasteiger partial charge in [-0.3, -0.25) is 9.59 Å². The molecular formula is C20H8BrF16NO2. The van der Waals surface area contributed by atoms with Crippen LogP contribution in [0.4, 0.5) is 70.2 Å². The van der Waals surface area contributed by atoms with Gasteiger partial charge in [0.05, 0.1) is 11.3 Å². The number of rotatable bonds is 5. The van der Waals surface area contributed by atoms with E-state index in [4.69, 9.17) is 0 Å². The lowest BCUT2D eigenvalue weighted by molar-refractivity contribution is -0.369. The summed E-state index contributed by atoms with van der Waals surface area (Å²) < 4.78 is 216. The molecule has 0 saturated carbocycles. The van der Waals surface area contributed by atoms with E-state index in [2.05, 4.69) is 0 Å². The van der Waals surface area contributed by atoms with E-state index in [0.717, 1.165) is 0 Å². The molecule has 0 bridgehead atoms. The molecule has 0 radical (unpaired) electrons. The van der Waals surface area contributed by atoms with E-state index in [-0.39, 0.29) is 0 Å². The summed E-state index contributed by atoms with van der Waals surface area (Å²) in [5.74, 6) is -14.5. The van der Waals surface area contributed by atoms with Gasteiger partial charge >= 0.3 is 36.3 Å². The molecule has 1 unspecified atom stereocenters. The number of halogens is 17. The van der Waals surface area contributed by atoms with Gasteiger partial charge in [0.1, 0.15) is 11.2 Å². The summed E-state index contributed by atoms with van der Waals surface area (Å²) in [5.41, 5.74) is -19.1. The molecule has 1 atom stereocenters. The van der Waals surface area contributed by atoms with Crippen molar-refractivity contribution in [1.82, 2.24) is 5.32 Å². The smallest absolute Gasteiger partial charge is 0.321 e. The van der Waals surface area contributed by atoms with Crippen molar-refractivity contribution in [1.29, 1.82) is 0 Å². The van der Waals surface area contributed by atoms with Crippen molar-refractivity contribution in [2.45, 2.75) is 42.7 Å². The number of carbonyl (C=O) groups is 2. The molecule has 1 N–H and O–H groups in total. The van der Waals surface area contributed by atoms with Crippen molar-refractivity contribution in [3.63, 3.8) is 0 Å². The number of carbonyl (C=O) groups excluding carboxylic acids is 2. The molecule has 20 heteroatoms. The molecule has 0 heterocycles. The summed E-state index contributed by atoms with van der Waals surface area (Å²) in [6.45, 7) is 0. The molecule has 2 rings (SSSR count). The number of amides is 1. The second-order valence-electron chi connectivity index (χ2n) is 8.00. The largest absolute Gasteiger partial charge is 0.461 e. The lowest BCUT2D eigenvalue weighted by Crippen LogP contribution is -2.70. The van der Waals surface area contributed by atoms with Crippen molar-refractivity contribution in [2.24, 2.45) is 5.41 Å². The SMILES string of the molecule is O=C(NC1=C(Br)CC(C(=O)C(F)(F)C(F)(F)F)(C(F)(C(F)(F)F)C(F)(F)F)C=C1C(F)(F)F)c1ccc(F)cc1. The van der Waals surface area contributed by atoms with Crippen LogP contribution in [0.3, 0.4) is 0 Å². The first-order valence-corrected chi connectivity index (χ1v) is 10.5. The minimum Gasteiger partial charge on any atom is -0.321 e. The average molecular weight is 678 g/mol. The summed E-state index contributed by atoms with van der Waals surface area (Å²) in [7, 11) is 0. The van der Waals surface area contributed by atoms with Crippen molar-refractivity contribution < 1.29 is 79.8 Å². The van der Waals surface area contributed by atoms with Gasteiger partial charge in [-0.15, -0.1) is 0 Å². The predicted octanol–water partition coefficient (Wildman–Crippen LogP) is 7.64. The van der Waals surface area contributed by atoms with Gasteiger partial charge in [-0.25, -0.2) is 8.78 Å². The highest BCUT2D eigenvalue weighted by Crippen LogP contribution is 2.64. The zero-order chi connectivity index (χ0) is 31.5. The Balaban J connectivity index is 2.99. The molecule has 3 nitrogen and oxygen atoms in total. The Kier molecular flexibility index (Phi) is 8.30. The van der Waals surface area contributed by atoms with Crippen LogP contribution < -0.4 is 5.32 Å². The molecule has 1 aliphatic carbocycles. The molecule has 0 spiro atoms. The van der Waals surface area contributed by atoms with E-state index in [1.54, 1.807) is 0 Å². The fourth-order valence-corrected chi connectivity index (χ4v) is 4.35. The number of hydrogen-bond acceptors (Lipinski definition) is 2. The van der Waals surface area contributed by atoms with E-state index in [9.17, 15) is 75.4 Å². The van der Waals surface area contributed by atoms with Crippen LogP contribution in [0.25, 0.3) is 0 Å². The maximum absolute atomic E-state index is 15.2. The number of hydrogen-bond donors (Lipinski definition) is 1. The Bertz CT molecular complexity index is 1220. The summed E-state index contributed by atoms with van der Waals surface area (Å²) in [6, 6.07) is 2.40. The summed E-state index contributed by atoms with van der Waals surface area (Å²) in [5, 5.41) is 1.31. The van der Waals surface area contributed by atoms with Crippen LogP contribution in [0.15, 0.2) is 46.1 Å². The Hall–Kier alpha value is -2.80. The second-order valence-corrected chi connectivity index (χ2v) is 8.96. The van der Waals surface area contributed by atoms with Crippen molar-refractivity contribution >= 4 is 27.6 Å². The molecule has 1 aromatic rings. The van der Waals surface area contributed by atoms with Gasteiger partial charge in [-0.2, -0.15) is 61.5 Å². The highest BCUT2D eigenvalue weighted by molar-refractivity contribution is 9.11. The van der Waals surface area contributed by atoms with Crippen molar-refractivity contribution in [3.8, 4) is 0 Å². The molecule has 0 aromatic heterocycles. The first-order valence-electron chi connectivity index (χ1n) is 9.73. The minimum atomic E-state index is -7.61. The Labute approximate surface area is 219 Å². The Morgan fingerprint density at radius 3 is 1.57 bits per heavy atom. The monoisotopic (exact) mass is 677 g/mol. The topological polar surface area (TPSA) is 46.2 Å². The van der Waals surface area contributed by atoms with E-state index >= 15 is 4.39 Å². The number of alkyl halides is 15. The van der Waals surface area contributed by atoms with Gasteiger partial charge in [-0.1, -0.05) is 22.0 Å². The van der Waals surface area contributed by atoms with Gasteiger partial charge < -0.3 is 5.32 Å². The van der Waals surface area contributed by atoms with Gasteiger partial charge in [0.25, 0.3) is 5.91 Å². The zero-order valence-corrected chi connectivity index (χ0v) is 19.9. The van der Waals surface area contributed by atoms with Gasteiger partial charge in [-0.05, 0) is 24.3 Å². The first kappa shape index (κ1) is 33.4. The highest BCUT2D eigenvalue weighted by atomic mass is 79.9. The van der Waals surface area contributed by atoms with Crippen LogP contribution in [0.5, 0.6) is 0 Å². The van der Waals surface area contributed by atoms with Crippen molar-refractivity contribution in [3.05, 3.63) is 57.5 Å². The zero-order valence-electron chi connectivity index (χ0n) is 18.3. The van der Waals surface area contributed by atoms with Crippen LogP contribution in [0.2, 0.25) is 0 Å². The third-order valence-corrected chi connectivity index (χ3v) is 6.13. The third-order valence-electron chi connectivity index (χ3n) is 5.46. The van der Waals surface area contributed by atoms with Crippen LogP contribution in [-0.4, -0.2) is 48.0 Å². The van der Waals surface area contributed by atoms with Crippen LogP contribution >= 0.6 is 15.9 Å². The minimum absolute atomic E-state index is 0.576. The lowest BCUT2D eigenvalue weighted by Gasteiger charge is -2.47. The average Bonchev–Trinajstić information content (AvgIpc) is 2.76. The maximum atomic E-state index is 15.2. The number of nitrogens with one attached hydrogen (secondary N) is 1. The van der Waals surface area contributed by atoms with Crippen LogP contribution in [0, 0.1) is 11.2 Å². The molecule has 224 valence electrons. The number of ketones is 1. The summed E-state index contributed by atoms with van der Waals surface area (Å²) in [4.78, 5) is 24.5. The van der Waals surface area contributed by atoms with Crippen molar-refractivity contribution in [2.75, 3.05) is 0 Å². The van der Waals surface area contributed by atoms with E-state index in [1.165, 1.54) is 5.32 Å². The third kappa shape index (κ3) is 5.41. The summed E-state index contributed by atoms with van der Waals surface area (Å²) >= 11 is 1.97. The van der Waals surface area contributed by atoms with Crippen LogP contribution in [0.1, 0.15) is 16.8 Å². The molecule has 0 aliphatic heterocycles. The molecule has 1 amide bonds. The van der Waals surface area contributed by atoms with E-state index in [0.29, 0.717) is 24.3 Å². The quantitative estimate of drug-likeness (QED) is 0.326. The maximum Gasteiger partial charge on any atom is 0.461 e. The molecule has 40 heavy (non-hydrogen) atoms. The Morgan fingerprint density at radius 1 is 0.750 bits per heavy atom. The highest BCUT2D eigenvalue weighted by Gasteiger charge is 2.86. The Morgan fingerprint density at radius 2 is 1.20 bits per heavy atom. The summed E-state index contributed by atoms with van der Waals surface area (Å²) in [6.07, 6.45) is -33.4. The fourth-order valence-electron chi connectivity index (χ4n) is 3.59. The molecular weight excluding hydrogens is 670 g/mol. The number of benzene rings is 1. The predicted molar refractivity (Wildman–Crippen MR) is 103 cm³/mol. The standard InChI is InChI=1S/C20H8BrF16NO2/c21-10-6-14(13(40)15(23,24)18(29,30)31,17(28,19(32,33)34)20(35,36)37)5-9(16(25,26)27)11(10)38-12(39)7-1-3-8(22)4-2-7/h1-5H,6H2,(H,38,39). The van der Waals surface area contributed by atoms with Gasteiger partial charge in [0, 0.05) is 16.5 Å². The fraction of sp³-hybridized carbons (Fsp3) is 0.400. The normalized spacial score (nSPS) is 19.9. The second kappa shape index (κ2) is 9.93.